The summed E-state index contributed by atoms with van der Waals surface area (Å²) in [5.41, 5.74) is 2.63. The molecule has 1 saturated heterocycles. The molecule has 2 N–H and O–H groups in total. The summed E-state index contributed by atoms with van der Waals surface area (Å²) < 4.78 is 0. The minimum atomic E-state index is -0.600. The van der Waals surface area contributed by atoms with E-state index in [0.29, 0.717) is 23.3 Å². The molecule has 2 amide bonds. The van der Waals surface area contributed by atoms with E-state index in [0.717, 1.165) is 50.2 Å². The van der Waals surface area contributed by atoms with Gasteiger partial charge in [-0.1, -0.05) is 43.6 Å². The van der Waals surface area contributed by atoms with Crippen molar-refractivity contribution < 1.29 is 9.59 Å². The molecule has 0 bridgehead atoms. The lowest BCUT2D eigenvalue weighted by molar-refractivity contribution is -0.125. The smallest absolute Gasteiger partial charge is 0.230 e. The van der Waals surface area contributed by atoms with E-state index < -0.39 is 5.41 Å². The monoisotopic (exact) mass is 498 g/mol. The van der Waals surface area contributed by atoms with Gasteiger partial charge in [-0.15, -0.1) is 0 Å². The van der Waals surface area contributed by atoms with Crippen molar-refractivity contribution in [3.8, 4) is 0 Å². The molecular formula is C28H39ClN4O2. The van der Waals surface area contributed by atoms with E-state index in [2.05, 4.69) is 28.5 Å². The number of rotatable bonds is 9. The first-order valence-electron chi connectivity index (χ1n) is 12.6. The highest BCUT2D eigenvalue weighted by Crippen LogP contribution is 2.30. The van der Waals surface area contributed by atoms with Gasteiger partial charge in [0.1, 0.15) is 5.82 Å². The van der Waals surface area contributed by atoms with Crippen molar-refractivity contribution >= 4 is 29.2 Å². The van der Waals surface area contributed by atoms with Gasteiger partial charge in [-0.25, -0.2) is 4.98 Å². The summed E-state index contributed by atoms with van der Waals surface area (Å²) in [6.07, 6.45) is 3.01. The minimum absolute atomic E-state index is 0.00855. The maximum Gasteiger partial charge on any atom is 0.230 e. The Balaban J connectivity index is 1.43. The van der Waals surface area contributed by atoms with Gasteiger partial charge in [0.15, 0.2) is 0 Å². The predicted octanol–water partition coefficient (Wildman–Crippen LogP) is 5.30. The van der Waals surface area contributed by atoms with Gasteiger partial charge in [0.05, 0.1) is 5.41 Å². The molecule has 6 nitrogen and oxygen atoms in total. The zero-order valence-electron chi connectivity index (χ0n) is 21.7. The van der Waals surface area contributed by atoms with Crippen molar-refractivity contribution in [2.45, 2.75) is 65.2 Å². The van der Waals surface area contributed by atoms with Crippen LogP contribution in [0.25, 0.3) is 0 Å². The summed E-state index contributed by atoms with van der Waals surface area (Å²) in [4.78, 5) is 32.1. The second-order valence-corrected chi connectivity index (χ2v) is 10.8. The molecule has 1 aliphatic heterocycles. The molecule has 0 aliphatic carbocycles. The maximum atomic E-state index is 12.8. The molecular weight excluding hydrogens is 460 g/mol. The highest BCUT2D eigenvalue weighted by atomic mass is 35.5. The summed E-state index contributed by atoms with van der Waals surface area (Å²) in [6.45, 7) is 13.4. The Morgan fingerprint density at radius 1 is 1.11 bits per heavy atom. The van der Waals surface area contributed by atoms with Gasteiger partial charge in [0, 0.05) is 29.1 Å². The molecule has 0 saturated carbocycles. The lowest BCUT2D eigenvalue weighted by atomic mass is 9.84. The Morgan fingerprint density at radius 2 is 1.77 bits per heavy atom. The van der Waals surface area contributed by atoms with Crippen LogP contribution < -0.4 is 10.6 Å². The van der Waals surface area contributed by atoms with E-state index in [9.17, 15) is 9.59 Å². The van der Waals surface area contributed by atoms with Crippen molar-refractivity contribution in [1.82, 2.24) is 15.2 Å². The fourth-order valence-corrected chi connectivity index (χ4v) is 4.58. The number of piperidine rings is 1. The first-order chi connectivity index (χ1) is 16.6. The first-order valence-corrected chi connectivity index (χ1v) is 13.0. The fraction of sp³-hybridized carbons (Fsp3) is 0.536. The van der Waals surface area contributed by atoms with Crippen LogP contribution in [-0.2, 0) is 15.0 Å². The molecule has 1 fully saturated rings. The molecule has 3 rings (SSSR count). The molecule has 35 heavy (non-hydrogen) atoms. The van der Waals surface area contributed by atoms with Crippen LogP contribution >= 0.6 is 11.6 Å². The van der Waals surface area contributed by atoms with Crippen LogP contribution in [0.3, 0.4) is 0 Å². The number of benzene rings is 1. The number of amides is 2. The molecule has 2 aromatic rings. The number of carbonyl (C=O) groups excluding carboxylic acids is 2. The number of aromatic nitrogens is 1. The Labute approximate surface area is 214 Å². The van der Waals surface area contributed by atoms with E-state index in [4.69, 9.17) is 16.6 Å². The minimum Gasteiger partial charge on any atom is -0.355 e. The second kappa shape index (κ2) is 12.0. The molecule has 190 valence electrons. The SMILES string of the molecule is Cc1ccc(NC(=O)C(C)C)nc1C1CCN(CCCNC(=O)C(C)(C)c2ccc(Cl)cc2)CC1. The number of pyridine rings is 1. The molecule has 0 radical (unpaired) electrons. The van der Waals surface area contributed by atoms with Gasteiger partial charge in [-0.3, -0.25) is 9.59 Å². The number of halogens is 1. The molecule has 1 aliphatic rings. The largest absolute Gasteiger partial charge is 0.355 e. The van der Waals surface area contributed by atoms with Gasteiger partial charge in [-0.2, -0.15) is 0 Å². The van der Waals surface area contributed by atoms with Crippen molar-refractivity contribution in [3.05, 3.63) is 58.2 Å². The molecule has 1 aromatic heterocycles. The number of nitrogens with one attached hydrogen (secondary N) is 2. The normalized spacial score (nSPS) is 15.3. The topological polar surface area (TPSA) is 74.3 Å². The van der Waals surface area contributed by atoms with Gasteiger partial charge in [0.2, 0.25) is 11.8 Å². The summed E-state index contributed by atoms with van der Waals surface area (Å²) in [6, 6.07) is 11.4. The number of aryl methyl sites for hydroxylation is 1. The molecule has 0 unspecified atom stereocenters. The zero-order chi connectivity index (χ0) is 25.6. The average Bonchev–Trinajstić information content (AvgIpc) is 2.83. The third-order valence-electron chi connectivity index (χ3n) is 6.96. The molecule has 0 atom stereocenters. The molecule has 0 spiro atoms. The highest BCUT2D eigenvalue weighted by Gasteiger charge is 2.29. The Kier molecular flexibility index (Phi) is 9.31. The maximum absolute atomic E-state index is 12.8. The lowest BCUT2D eigenvalue weighted by Gasteiger charge is -2.32. The van der Waals surface area contributed by atoms with Crippen LogP contribution in [0.4, 0.5) is 5.82 Å². The highest BCUT2D eigenvalue weighted by molar-refractivity contribution is 6.30. The Morgan fingerprint density at radius 3 is 2.40 bits per heavy atom. The number of anilines is 1. The molecule has 2 heterocycles. The molecule has 7 heteroatoms. The van der Waals surface area contributed by atoms with Gasteiger partial charge >= 0.3 is 0 Å². The summed E-state index contributed by atoms with van der Waals surface area (Å²) in [5, 5.41) is 6.70. The van der Waals surface area contributed by atoms with Crippen LogP contribution in [0.5, 0.6) is 0 Å². The van der Waals surface area contributed by atoms with Crippen LogP contribution in [0.1, 0.15) is 69.7 Å². The van der Waals surface area contributed by atoms with E-state index in [1.54, 1.807) is 0 Å². The Bertz CT molecular complexity index is 1010. The van der Waals surface area contributed by atoms with E-state index >= 15 is 0 Å². The number of hydrogen-bond donors (Lipinski definition) is 2. The van der Waals surface area contributed by atoms with Gasteiger partial charge in [-0.05, 0) is 89.0 Å². The number of carbonyl (C=O) groups is 2. The predicted molar refractivity (Wildman–Crippen MR) is 143 cm³/mol. The van der Waals surface area contributed by atoms with E-state index in [-0.39, 0.29) is 17.7 Å². The van der Waals surface area contributed by atoms with E-state index in [1.165, 1.54) is 5.56 Å². The fourth-order valence-electron chi connectivity index (χ4n) is 4.45. The lowest BCUT2D eigenvalue weighted by Crippen LogP contribution is -2.41. The van der Waals surface area contributed by atoms with Gasteiger partial charge < -0.3 is 15.5 Å². The standard InChI is InChI=1S/C28H39ClN4O2/c1-19(2)26(34)32-24-12-7-20(3)25(31-24)21-13-17-33(18-14-21)16-6-15-30-27(35)28(4,5)22-8-10-23(29)11-9-22/h7-12,19,21H,6,13-18H2,1-5H3,(H,30,35)(H,31,32,34). The van der Waals surface area contributed by atoms with Crippen LogP contribution in [0.15, 0.2) is 36.4 Å². The van der Waals surface area contributed by atoms with E-state index in [1.807, 2.05) is 58.0 Å². The van der Waals surface area contributed by atoms with Crippen LogP contribution in [0.2, 0.25) is 5.02 Å². The summed E-state index contributed by atoms with van der Waals surface area (Å²) in [5.74, 6) is 0.999. The average molecular weight is 499 g/mol. The van der Waals surface area contributed by atoms with Crippen molar-refractivity contribution in [2.24, 2.45) is 5.92 Å². The van der Waals surface area contributed by atoms with Gasteiger partial charge in [0.25, 0.3) is 0 Å². The van der Waals surface area contributed by atoms with Crippen molar-refractivity contribution in [1.29, 1.82) is 0 Å². The summed E-state index contributed by atoms with van der Waals surface area (Å²) >= 11 is 5.98. The number of hydrogen-bond acceptors (Lipinski definition) is 4. The quantitative estimate of drug-likeness (QED) is 0.460. The zero-order valence-corrected chi connectivity index (χ0v) is 22.4. The van der Waals surface area contributed by atoms with Crippen molar-refractivity contribution in [2.75, 3.05) is 31.5 Å². The second-order valence-electron chi connectivity index (χ2n) is 10.4. The third kappa shape index (κ3) is 7.28. The van der Waals surface area contributed by atoms with Crippen molar-refractivity contribution in [3.63, 3.8) is 0 Å². The molecule has 1 aromatic carbocycles. The third-order valence-corrected chi connectivity index (χ3v) is 7.21. The van der Waals surface area contributed by atoms with Crippen LogP contribution in [0, 0.1) is 12.8 Å². The first kappa shape index (κ1) is 27.2. The van der Waals surface area contributed by atoms with Crippen LogP contribution in [-0.4, -0.2) is 47.9 Å². The number of likely N-dealkylation sites (tertiary alicyclic amines) is 1. The summed E-state index contributed by atoms with van der Waals surface area (Å²) in [7, 11) is 0. The Hall–Kier alpha value is -2.44. The number of nitrogens with zero attached hydrogens (tertiary/aromatic N) is 2.